The lowest BCUT2D eigenvalue weighted by atomic mass is 9.77. The molecule has 0 aliphatic carbocycles. The van der Waals surface area contributed by atoms with Gasteiger partial charge in [0.1, 0.15) is 34.4 Å². The Morgan fingerprint density at radius 3 is 2.45 bits per heavy atom. The molecule has 2 atom stereocenters. The first kappa shape index (κ1) is 44.9. The van der Waals surface area contributed by atoms with E-state index in [1.165, 1.54) is 18.2 Å². The van der Waals surface area contributed by atoms with Crippen molar-refractivity contribution >= 4 is 41.1 Å². The Balaban J connectivity index is 0.929. The van der Waals surface area contributed by atoms with Gasteiger partial charge in [0.2, 0.25) is 17.2 Å². The fraction of sp³-hybridized carbons (Fsp3) is 0.326. The van der Waals surface area contributed by atoms with Crippen molar-refractivity contribution in [3.05, 3.63) is 106 Å². The molecule has 65 heavy (non-hydrogen) atoms. The average Bonchev–Trinajstić information content (AvgIpc) is 3.55. The summed E-state index contributed by atoms with van der Waals surface area (Å²) in [4.78, 5) is 41.5. The molecular formula is C43H38ClF6N7O8. The number of halogens is 7. The highest BCUT2D eigenvalue weighted by molar-refractivity contribution is 6.28. The molecule has 5 aromatic rings. The highest BCUT2D eigenvalue weighted by Gasteiger charge is 2.54. The average molecular weight is 930 g/mol. The lowest BCUT2D eigenvalue weighted by Crippen LogP contribution is -2.47. The van der Waals surface area contributed by atoms with Crippen LogP contribution in [0.4, 0.5) is 43.9 Å². The van der Waals surface area contributed by atoms with Gasteiger partial charge in [-0.3, -0.25) is 9.69 Å². The lowest BCUT2D eigenvalue weighted by molar-refractivity contribution is -0.154. The van der Waals surface area contributed by atoms with Crippen molar-refractivity contribution < 1.29 is 65.1 Å². The fourth-order valence-corrected chi connectivity index (χ4v) is 8.19. The van der Waals surface area contributed by atoms with Crippen LogP contribution >= 0.6 is 11.6 Å². The number of esters is 1. The van der Waals surface area contributed by atoms with E-state index < -0.39 is 54.4 Å². The summed E-state index contributed by atoms with van der Waals surface area (Å²) in [5.74, 6) is -2.46. The second kappa shape index (κ2) is 18.0. The fourth-order valence-electron chi connectivity index (χ4n) is 8.03. The van der Waals surface area contributed by atoms with Crippen LogP contribution in [0, 0.1) is 0 Å². The molecule has 1 aromatic heterocycles. The molecule has 1 fully saturated rings. The number of aromatic nitrogens is 3. The maximum absolute atomic E-state index is 13.3. The zero-order valence-corrected chi connectivity index (χ0v) is 34.6. The quantitative estimate of drug-likeness (QED) is 0.0310. The molecule has 4 heterocycles. The number of anilines is 3. The monoisotopic (exact) mass is 929 g/mol. The number of phenolic OH excluding ortho intramolecular Hbond substituents is 2. The third kappa shape index (κ3) is 9.85. The summed E-state index contributed by atoms with van der Waals surface area (Å²) < 4.78 is 99.1. The molecule has 8 rings (SSSR count). The number of alkyl halides is 6. The Morgan fingerprint density at radius 2 is 1.65 bits per heavy atom. The summed E-state index contributed by atoms with van der Waals surface area (Å²) in [6, 6.07) is 16.9. The Hall–Kier alpha value is -6.74. The molecule has 2 unspecified atom stereocenters. The van der Waals surface area contributed by atoms with Gasteiger partial charge in [0.15, 0.2) is 24.6 Å². The Bertz CT molecular complexity index is 2620. The summed E-state index contributed by atoms with van der Waals surface area (Å²) in [6.45, 7) is -1.76. The van der Waals surface area contributed by atoms with Gasteiger partial charge < -0.3 is 45.1 Å². The van der Waals surface area contributed by atoms with E-state index in [0.717, 1.165) is 31.0 Å². The van der Waals surface area contributed by atoms with E-state index in [4.69, 9.17) is 30.5 Å². The van der Waals surface area contributed by atoms with Gasteiger partial charge in [0, 0.05) is 42.9 Å². The van der Waals surface area contributed by atoms with Gasteiger partial charge in [-0.15, -0.1) is 0 Å². The van der Waals surface area contributed by atoms with Crippen LogP contribution in [-0.2, 0) is 10.3 Å². The van der Waals surface area contributed by atoms with Crippen LogP contribution in [0.2, 0.25) is 5.28 Å². The predicted molar refractivity (Wildman–Crippen MR) is 220 cm³/mol. The highest BCUT2D eigenvalue weighted by Crippen LogP contribution is 2.59. The largest absolute Gasteiger partial charge is 0.508 e. The van der Waals surface area contributed by atoms with Gasteiger partial charge in [0.05, 0.1) is 16.7 Å². The van der Waals surface area contributed by atoms with Gasteiger partial charge in [-0.1, -0.05) is 24.6 Å². The second-order valence-electron chi connectivity index (χ2n) is 15.3. The van der Waals surface area contributed by atoms with Crippen molar-refractivity contribution in [1.82, 2.24) is 25.2 Å². The number of ether oxygens (including phenoxy) is 4. The molecule has 1 amide bonds. The number of rotatable bonds is 14. The number of carbonyl (C=O) groups excluding carboxylic acids is 2. The zero-order chi connectivity index (χ0) is 46.1. The van der Waals surface area contributed by atoms with Gasteiger partial charge in [-0.25, -0.2) is 4.79 Å². The number of aromatic hydroxyl groups is 2. The Labute approximate surface area is 370 Å². The van der Waals surface area contributed by atoms with Crippen LogP contribution in [-0.4, -0.2) is 99.7 Å². The van der Waals surface area contributed by atoms with Crippen LogP contribution in [0.15, 0.2) is 72.8 Å². The summed E-state index contributed by atoms with van der Waals surface area (Å²) >= 11 is 6.33. The molecule has 3 aliphatic heterocycles. The van der Waals surface area contributed by atoms with Gasteiger partial charge in [-0.2, -0.15) is 41.3 Å². The Morgan fingerprint density at radius 1 is 0.892 bits per heavy atom. The van der Waals surface area contributed by atoms with E-state index in [1.807, 2.05) is 0 Å². The van der Waals surface area contributed by atoms with Crippen LogP contribution in [0.5, 0.6) is 34.5 Å². The second-order valence-corrected chi connectivity index (χ2v) is 15.6. The van der Waals surface area contributed by atoms with Gasteiger partial charge in [-0.05, 0) is 85.9 Å². The first-order valence-corrected chi connectivity index (χ1v) is 20.5. The standard InChI is InChI=1S/C43H38ClF6N7O8/c44-38-54-39(51-15-5-17-57-16-4-3-6-23(57)20-52-36(60)27-19-25(62-21-41(45,46)47)10-14-32(27)63-22-42(48,49)50)56-40(55-38)53-34-31(59)13-12-30-35(34)64-33-18-24(58)9-11-29(33)43(30)28-8-2-1-7-26(28)37(61)65-43/h1-2,7-14,18-19,23,58-59H,3-6,15-17,20-22H2,(H,52,60)(H2,51,53,54,55,56). The van der Waals surface area contributed by atoms with E-state index in [9.17, 15) is 46.1 Å². The van der Waals surface area contributed by atoms with Gasteiger partial charge in [0.25, 0.3) is 5.91 Å². The number of carbonyl (C=O) groups is 2. The molecule has 4 aromatic carbocycles. The molecule has 1 saturated heterocycles. The van der Waals surface area contributed by atoms with E-state index >= 15 is 0 Å². The number of phenols is 2. The van der Waals surface area contributed by atoms with Crippen molar-refractivity contribution in [3.8, 4) is 34.5 Å². The number of nitrogens with one attached hydrogen (secondary N) is 3. The molecule has 22 heteroatoms. The highest BCUT2D eigenvalue weighted by atomic mass is 35.5. The SMILES string of the molecule is O=C(NCC1CCCCN1CCCNc1nc(Cl)nc(Nc2c(O)ccc3c2Oc2cc(O)ccc2C32OC(=O)c3ccccc32)n1)c1cc(OCC(F)(F)F)ccc1OCC(F)(F)F. The van der Waals surface area contributed by atoms with Crippen LogP contribution in [0.3, 0.4) is 0 Å². The third-order valence-corrected chi connectivity index (χ3v) is 11.0. The minimum absolute atomic E-state index is 0.000273. The topological polar surface area (TPSA) is 190 Å². The number of piperidine rings is 1. The summed E-state index contributed by atoms with van der Waals surface area (Å²) in [5.41, 5.74) is -0.240. The number of nitrogens with zero attached hydrogens (tertiary/aromatic N) is 4. The Kier molecular flexibility index (Phi) is 12.4. The molecule has 3 aliphatic rings. The zero-order valence-electron chi connectivity index (χ0n) is 33.9. The van der Waals surface area contributed by atoms with Crippen molar-refractivity contribution in [2.24, 2.45) is 0 Å². The molecule has 342 valence electrons. The molecule has 5 N–H and O–H groups in total. The molecular weight excluding hydrogens is 892 g/mol. The number of hydrogen-bond donors (Lipinski definition) is 5. The number of amides is 1. The van der Waals surface area contributed by atoms with Crippen molar-refractivity contribution in [3.63, 3.8) is 0 Å². The first-order valence-electron chi connectivity index (χ1n) is 20.2. The summed E-state index contributed by atoms with van der Waals surface area (Å²) in [5, 5.41) is 30.1. The van der Waals surface area contributed by atoms with Crippen molar-refractivity contribution in [2.45, 2.75) is 49.7 Å². The van der Waals surface area contributed by atoms with E-state index in [2.05, 4.69) is 35.8 Å². The summed E-state index contributed by atoms with van der Waals surface area (Å²) in [6.07, 6.45) is -6.49. The number of benzene rings is 4. The van der Waals surface area contributed by atoms with E-state index in [0.29, 0.717) is 54.7 Å². The van der Waals surface area contributed by atoms with Crippen LogP contribution in [0.25, 0.3) is 0 Å². The van der Waals surface area contributed by atoms with Crippen molar-refractivity contribution in [2.75, 3.05) is 50.0 Å². The molecule has 0 bridgehead atoms. The predicted octanol–water partition coefficient (Wildman–Crippen LogP) is 8.22. The van der Waals surface area contributed by atoms with Crippen LogP contribution < -0.4 is 30.2 Å². The molecule has 15 nitrogen and oxygen atoms in total. The first-order chi connectivity index (χ1) is 31.0. The minimum atomic E-state index is -4.73. The maximum atomic E-state index is 13.3. The third-order valence-electron chi connectivity index (χ3n) is 10.8. The lowest BCUT2D eigenvalue weighted by Gasteiger charge is -2.37. The minimum Gasteiger partial charge on any atom is -0.508 e. The number of fused-ring (bicyclic) bond motifs is 6. The summed E-state index contributed by atoms with van der Waals surface area (Å²) in [7, 11) is 0. The normalized spacial score (nSPS) is 17.9. The number of likely N-dealkylation sites (tertiary alicyclic amines) is 1. The van der Waals surface area contributed by atoms with Crippen LogP contribution in [0.1, 0.15) is 63.1 Å². The van der Waals surface area contributed by atoms with E-state index in [-0.39, 0.29) is 64.2 Å². The smallest absolute Gasteiger partial charge is 0.422 e. The number of hydrogen-bond acceptors (Lipinski definition) is 14. The van der Waals surface area contributed by atoms with Crippen molar-refractivity contribution in [1.29, 1.82) is 0 Å². The van der Waals surface area contributed by atoms with E-state index in [1.54, 1.807) is 36.4 Å². The molecule has 0 saturated carbocycles. The maximum Gasteiger partial charge on any atom is 0.422 e. The molecule has 0 radical (unpaired) electrons. The van der Waals surface area contributed by atoms with Gasteiger partial charge >= 0.3 is 18.3 Å². The molecule has 1 spiro atoms.